The van der Waals surface area contributed by atoms with Crippen LogP contribution in [-0.4, -0.2) is 63.0 Å². The summed E-state index contributed by atoms with van der Waals surface area (Å²) >= 11 is 0. The molecule has 3 fully saturated rings. The van der Waals surface area contributed by atoms with Gasteiger partial charge in [0.05, 0.1) is 13.2 Å². The first-order valence-corrected chi connectivity index (χ1v) is 8.89. The number of methoxy groups -OCH3 is 1. The SMILES string of the molecule is COCCOCCCN1CC(C2CC2)NCC12CCCC2. The Morgan fingerprint density at radius 3 is 2.67 bits per heavy atom. The zero-order chi connectivity index (χ0) is 14.5. The van der Waals surface area contributed by atoms with E-state index in [-0.39, 0.29) is 0 Å². The molecule has 1 heterocycles. The lowest BCUT2D eigenvalue weighted by molar-refractivity contribution is 0.0221. The van der Waals surface area contributed by atoms with Gasteiger partial charge in [-0.15, -0.1) is 0 Å². The molecule has 2 saturated carbocycles. The van der Waals surface area contributed by atoms with Crippen molar-refractivity contribution in [1.82, 2.24) is 10.2 Å². The molecule has 2 aliphatic carbocycles. The second-order valence-corrected chi connectivity index (χ2v) is 7.16. The van der Waals surface area contributed by atoms with E-state index in [1.54, 1.807) is 7.11 Å². The van der Waals surface area contributed by atoms with Crippen LogP contribution < -0.4 is 5.32 Å². The van der Waals surface area contributed by atoms with Crippen LogP contribution >= 0.6 is 0 Å². The molecule has 4 heteroatoms. The molecule has 21 heavy (non-hydrogen) atoms. The average molecular weight is 296 g/mol. The van der Waals surface area contributed by atoms with Crippen molar-refractivity contribution in [2.24, 2.45) is 5.92 Å². The molecule has 4 nitrogen and oxygen atoms in total. The van der Waals surface area contributed by atoms with E-state index in [4.69, 9.17) is 9.47 Å². The van der Waals surface area contributed by atoms with E-state index < -0.39 is 0 Å². The Balaban J connectivity index is 1.46. The Morgan fingerprint density at radius 1 is 1.14 bits per heavy atom. The van der Waals surface area contributed by atoms with E-state index in [0.29, 0.717) is 12.1 Å². The van der Waals surface area contributed by atoms with Crippen LogP contribution in [0.4, 0.5) is 0 Å². The van der Waals surface area contributed by atoms with E-state index in [0.717, 1.165) is 31.6 Å². The van der Waals surface area contributed by atoms with Crippen molar-refractivity contribution in [3.8, 4) is 0 Å². The number of nitrogens with zero attached hydrogens (tertiary/aromatic N) is 1. The van der Waals surface area contributed by atoms with E-state index in [1.807, 2.05) is 0 Å². The number of piperazine rings is 1. The highest BCUT2D eigenvalue weighted by atomic mass is 16.5. The Labute approximate surface area is 129 Å². The lowest BCUT2D eigenvalue weighted by Crippen LogP contribution is -2.64. The molecule has 1 spiro atoms. The number of nitrogens with one attached hydrogen (secondary N) is 1. The summed E-state index contributed by atoms with van der Waals surface area (Å²) < 4.78 is 10.7. The Morgan fingerprint density at radius 2 is 1.95 bits per heavy atom. The normalized spacial score (nSPS) is 29.3. The van der Waals surface area contributed by atoms with Crippen molar-refractivity contribution >= 4 is 0 Å². The van der Waals surface area contributed by atoms with Gasteiger partial charge in [0, 0.05) is 44.9 Å². The molecule has 0 aromatic rings. The third-order valence-corrected chi connectivity index (χ3v) is 5.66. The molecule has 1 unspecified atom stereocenters. The minimum Gasteiger partial charge on any atom is -0.382 e. The topological polar surface area (TPSA) is 33.7 Å². The van der Waals surface area contributed by atoms with Gasteiger partial charge >= 0.3 is 0 Å². The number of ether oxygens (including phenoxy) is 2. The Hall–Kier alpha value is -0.160. The van der Waals surface area contributed by atoms with Crippen molar-refractivity contribution in [3.63, 3.8) is 0 Å². The van der Waals surface area contributed by atoms with Crippen LogP contribution in [0.1, 0.15) is 44.9 Å². The first-order chi connectivity index (χ1) is 10.3. The summed E-state index contributed by atoms with van der Waals surface area (Å²) in [4.78, 5) is 2.82. The fourth-order valence-corrected chi connectivity index (χ4v) is 4.20. The zero-order valence-corrected chi connectivity index (χ0v) is 13.6. The van der Waals surface area contributed by atoms with Crippen molar-refractivity contribution in [2.45, 2.75) is 56.5 Å². The maximum Gasteiger partial charge on any atom is 0.0700 e. The maximum absolute atomic E-state index is 5.64. The molecular formula is C17H32N2O2. The summed E-state index contributed by atoms with van der Waals surface area (Å²) in [6.07, 6.45) is 9.65. The molecule has 0 aromatic carbocycles. The van der Waals surface area contributed by atoms with Gasteiger partial charge < -0.3 is 14.8 Å². The van der Waals surface area contributed by atoms with Gasteiger partial charge in [-0.3, -0.25) is 4.90 Å². The number of hydrogen-bond acceptors (Lipinski definition) is 4. The Bertz CT molecular complexity index is 314. The molecule has 0 aromatic heterocycles. The summed E-state index contributed by atoms with van der Waals surface area (Å²) in [6.45, 7) is 6.01. The summed E-state index contributed by atoms with van der Waals surface area (Å²) in [5, 5.41) is 3.87. The third-order valence-electron chi connectivity index (χ3n) is 5.66. The van der Waals surface area contributed by atoms with Gasteiger partial charge in [0.1, 0.15) is 0 Å². The van der Waals surface area contributed by atoms with Crippen LogP contribution in [0, 0.1) is 5.92 Å². The highest BCUT2D eigenvalue weighted by molar-refractivity contribution is 5.04. The van der Waals surface area contributed by atoms with E-state index in [1.165, 1.54) is 58.2 Å². The van der Waals surface area contributed by atoms with Gasteiger partial charge in [-0.25, -0.2) is 0 Å². The summed E-state index contributed by atoms with van der Waals surface area (Å²) in [5.41, 5.74) is 0.470. The van der Waals surface area contributed by atoms with Gasteiger partial charge in [0.25, 0.3) is 0 Å². The maximum atomic E-state index is 5.64. The zero-order valence-electron chi connectivity index (χ0n) is 13.6. The summed E-state index contributed by atoms with van der Waals surface area (Å²) in [7, 11) is 1.73. The molecule has 0 amide bonds. The predicted molar refractivity (Wildman–Crippen MR) is 84.6 cm³/mol. The highest BCUT2D eigenvalue weighted by Crippen LogP contribution is 2.41. The standard InChI is InChI=1S/C17H32N2O2/c1-20-11-12-21-10-4-9-19-13-16(15-5-6-15)18-14-17(19)7-2-3-8-17/h15-16,18H,2-14H2,1H3. The number of hydrogen-bond donors (Lipinski definition) is 1. The van der Waals surface area contributed by atoms with Crippen LogP contribution in [0.25, 0.3) is 0 Å². The largest absolute Gasteiger partial charge is 0.382 e. The summed E-state index contributed by atoms with van der Waals surface area (Å²) in [5.74, 6) is 0.962. The quantitative estimate of drug-likeness (QED) is 0.695. The molecule has 122 valence electrons. The van der Waals surface area contributed by atoms with Crippen molar-refractivity contribution in [1.29, 1.82) is 0 Å². The van der Waals surface area contributed by atoms with E-state index in [9.17, 15) is 0 Å². The first kappa shape index (κ1) is 15.7. The molecule has 0 radical (unpaired) electrons. The van der Waals surface area contributed by atoms with Gasteiger partial charge in [0.15, 0.2) is 0 Å². The first-order valence-electron chi connectivity index (χ1n) is 8.89. The number of rotatable bonds is 8. The van der Waals surface area contributed by atoms with E-state index >= 15 is 0 Å². The van der Waals surface area contributed by atoms with Crippen LogP contribution in [0.15, 0.2) is 0 Å². The van der Waals surface area contributed by atoms with Gasteiger partial charge in [-0.1, -0.05) is 12.8 Å². The lowest BCUT2D eigenvalue weighted by atomic mass is 9.89. The second kappa shape index (κ2) is 7.40. The van der Waals surface area contributed by atoms with Crippen LogP contribution in [0.3, 0.4) is 0 Å². The van der Waals surface area contributed by atoms with Crippen molar-refractivity contribution in [2.75, 3.05) is 46.6 Å². The van der Waals surface area contributed by atoms with Gasteiger partial charge in [-0.05, 0) is 38.0 Å². The molecule has 1 atom stereocenters. The van der Waals surface area contributed by atoms with Crippen LogP contribution in [0.2, 0.25) is 0 Å². The predicted octanol–water partition coefficient (Wildman–Crippen LogP) is 2.04. The van der Waals surface area contributed by atoms with Crippen LogP contribution in [-0.2, 0) is 9.47 Å². The fourth-order valence-electron chi connectivity index (χ4n) is 4.20. The highest BCUT2D eigenvalue weighted by Gasteiger charge is 2.45. The van der Waals surface area contributed by atoms with E-state index in [2.05, 4.69) is 10.2 Å². The lowest BCUT2D eigenvalue weighted by Gasteiger charge is -2.48. The fraction of sp³-hybridized carbons (Fsp3) is 1.00. The van der Waals surface area contributed by atoms with Crippen molar-refractivity contribution in [3.05, 3.63) is 0 Å². The molecule has 1 N–H and O–H groups in total. The monoisotopic (exact) mass is 296 g/mol. The second-order valence-electron chi connectivity index (χ2n) is 7.16. The molecule has 3 rings (SSSR count). The van der Waals surface area contributed by atoms with Crippen molar-refractivity contribution < 1.29 is 9.47 Å². The Kier molecular flexibility index (Phi) is 5.54. The average Bonchev–Trinajstić information content (AvgIpc) is 3.25. The molecular weight excluding hydrogens is 264 g/mol. The van der Waals surface area contributed by atoms with Gasteiger partial charge in [0.2, 0.25) is 0 Å². The minimum atomic E-state index is 0.470. The smallest absolute Gasteiger partial charge is 0.0700 e. The minimum absolute atomic E-state index is 0.470. The molecule has 1 aliphatic heterocycles. The molecule has 0 bridgehead atoms. The molecule has 3 aliphatic rings. The van der Waals surface area contributed by atoms with Crippen LogP contribution in [0.5, 0.6) is 0 Å². The van der Waals surface area contributed by atoms with Gasteiger partial charge in [-0.2, -0.15) is 0 Å². The molecule has 1 saturated heterocycles. The summed E-state index contributed by atoms with van der Waals surface area (Å²) in [6, 6.07) is 0.755. The third kappa shape index (κ3) is 3.98.